The highest BCUT2D eigenvalue weighted by molar-refractivity contribution is 5.79. The van der Waals surface area contributed by atoms with Crippen LogP contribution in [-0.2, 0) is 22.6 Å². The first-order chi connectivity index (χ1) is 13.4. The maximum Gasteiger partial charge on any atom is 0.411 e. The van der Waals surface area contributed by atoms with E-state index >= 15 is 0 Å². The van der Waals surface area contributed by atoms with E-state index in [2.05, 4.69) is 15.0 Å². The van der Waals surface area contributed by atoms with E-state index in [1.807, 2.05) is 31.0 Å². The predicted molar refractivity (Wildman–Crippen MR) is 103 cm³/mol. The molecule has 1 fully saturated rings. The monoisotopic (exact) mass is 401 g/mol. The molecule has 0 spiro atoms. The van der Waals surface area contributed by atoms with E-state index in [-0.39, 0.29) is 6.61 Å². The van der Waals surface area contributed by atoms with Gasteiger partial charge in [0.2, 0.25) is 0 Å². The molecule has 158 valence electrons. The number of halogens is 3. The van der Waals surface area contributed by atoms with Crippen LogP contribution in [0.3, 0.4) is 0 Å². The van der Waals surface area contributed by atoms with E-state index in [9.17, 15) is 13.2 Å². The number of nitrogens with one attached hydrogen (secondary N) is 1. The number of hydrogen-bond donors (Lipinski definition) is 1. The van der Waals surface area contributed by atoms with E-state index in [1.165, 1.54) is 12.8 Å². The summed E-state index contributed by atoms with van der Waals surface area (Å²) in [5.41, 5.74) is 1.68. The second-order valence-electron chi connectivity index (χ2n) is 7.03. The van der Waals surface area contributed by atoms with Gasteiger partial charge < -0.3 is 19.7 Å². The number of rotatable bonds is 11. The molecule has 1 aliphatic rings. The fourth-order valence-electron chi connectivity index (χ4n) is 2.50. The van der Waals surface area contributed by atoms with Gasteiger partial charge in [-0.3, -0.25) is 0 Å². The van der Waals surface area contributed by atoms with Crippen LogP contribution >= 0.6 is 0 Å². The smallest absolute Gasteiger partial charge is 0.379 e. The van der Waals surface area contributed by atoms with E-state index < -0.39 is 12.8 Å². The standard InChI is InChI=1S/C20H30F3N3O2/c1-3-24-19(26(2)10-11-27-13-17-8-9-17)25-12-16-4-6-18(7-5-16)14-28-15-20(21,22)23/h4-7,17H,3,8-15H2,1-2H3,(H,24,25). The van der Waals surface area contributed by atoms with Gasteiger partial charge in [-0.05, 0) is 36.8 Å². The summed E-state index contributed by atoms with van der Waals surface area (Å²) >= 11 is 0. The summed E-state index contributed by atoms with van der Waals surface area (Å²) in [5, 5.41) is 3.26. The van der Waals surface area contributed by atoms with Crippen molar-refractivity contribution >= 4 is 5.96 Å². The third-order valence-corrected chi connectivity index (χ3v) is 4.29. The highest BCUT2D eigenvalue weighted by Gasteiger charge is 2.27. The summed E-state index contributed by atoms with van der Waals surface area (Å²) in [7, 11) is 1.98. The average molecular weight is 401 g/mol. The van der Waals surface area contributed by atoms with Crippen molar-refractivity contribution in [3.05, 3.63) is 35.4 Å². The number of nitrogens with zero attached hydrogens (tertiary/aromatic N) is 2. The van der Waals surface area contributed by atoms with Crippen LogP contribution < -0.4 is 5.32 Å². The molecule has 0 aromatic heterocycles. The third-order valence-electron chi connectivity index (χ3n) is 4.29. The van der Waals surface area contributed by atoms with Gasteiger partial charge in [-0.25, -0.2) is 4.99 Å². The van der Waals surface area contributed by atoms with Gasteiger partial charge in [-0.15, -0.1) is 0 Å². The average Bonchev–Trinajstić information content (AvgIpc) is 3.46. The van der Waals surface area contributed by atoms with E-state index in [0.717, 1.165) is 37.1 Å². The van der Waals surface area contributed by atoms with Crippen LogP contribution in [0.2, 0.25) is 0 Å². The Labute approximate surface area is 164 Å². The normalized spacial score (nSPS) is 15.0. The highest BCUT2D eigenvalue weighted by atomic mass is 19.4. The Hall–Kier alpha value is -1.80. The van der Waals surface area contributed by atoms with E-state index in [1.54, 1.807) is 12.1 Å². The lowest BCUT2D eigenvalue weighted by atomic mass is 10.1. The molecule has 1 saturated carbocycles. The molecule has 1 aliphatic carbocycles. The molecule has 0 atom stereocenters. The molecule has 5 nitrogen and oxygen atoms in total. The SMILES string of the molecule is CCNC(=NCc1ccc(COCC(F)(F)F)cc1)N(C)CCOCC1CC1. The Bertz CT molecular complexity index is 602. The zero-order chi connectivity index (χ0) is 20.4. The first kappa shape index (κ1) is 22.5. The third kappa shape index (κ3) is 9.41. The Morgan fingerprint density at radius 3 is 2.46 bits per heavy atom. The minimum absolute atomic E-state index is 0.0602. The lowest BCUT2D eigenvalue weighted by Crippen LogP contribution is -2.40. The fourth-order valence-corrected chi connectivity index (χ4v) is 2.50. The highest BCUT2D eigenvalue weighted by Crippen LogP contribution is 2.28. The molecular formula is C20H30F3N3O2. The number of likely N-dealkylation sites (N-methyl/N-ethyl adjacent to an activating group) is 1. The number of benzene rings is 1. The Morgan fingerprint density at radius 2 is 1.86 bits per heavy atom. The van der Waals surface area contributed by atoms with Crippen molar-refractivity contribution in [1.29, 1.82) is 0 Å². The molecule has 0 radical (unpaired) electrons. The molecule has 0 saturated heterocycles. The Kier molecular flexibility index (Phi) is 9.05. The zero-order valence-corrected chi connectivity index (χ0v) is 16.6. The van der Waals surface area contributed by atoms with Crippen LogP contribution in [-0.4, -0.2) is 57.0 Å². The lowest BCUT2D eigenvalue weighted by molar-refractivity contribution is -0.176. The minimum Gasteiger partial charge on any atom is -0.379 e. The maximum atomic E-state index is 12.1. The van der Waals surface area contributed by atoms with Crippen molar-refractivity contribution in [1.82, 2.24) is 10.2 Å². The quantitative estimate of drug-likeness (QED) is 0.350. The second kappa shape index (κ2) is 11.3. The summed E-state index contributed by atoms with van der Waals surface area (Å²) < 4.78 is 46.7. The molecule has 8 heteroatoms. The molecule has 0 heterocycles. The van der Waals surface area contributed by atoms with Crippen LogP contribution in [0, 0.1) is 5.92 Å². The number of aliphatic imine (C=N–C) groups is 1. The van der Waals surface area contributed by atoms with Gasteiger partial charge in [0.1, 0.15) is 6.61 Å². The van der Waals surface area contributed by atoms with Gasteiger partial charge >= 0.3 is 6.18 Å². The van der Waals surface area contributed by atoms with Crippen LogP contribution in [0.5, 0.6) is 0 Å². The molecule has 2 rings (SSSR count). The molecule has 0 amide bonds. The lowest BCUT2D eigenvalue weighted by Gasteiger charge is -2.22. The van der Waals surface area contributed by atoms with Crippen LogP contribution in [0.1, 0.15) is 30.9 Å². The van der Waals surface area contributed by atoms with Crippen molar-refractivity contribution in [3.63, 3.8) is 0 Å². The van der Waals surface area contributed by atoms with Gasteiger partial charge in [0.15, 0.2) is 5.96 Å². The molecule has 0 aliphatic heterocycles. The first-order valence-corrected chi connectivity index (χ1v) is 9.67. The molecule has 1 N–H and O–H groups in total. The van der Waals surface area contributed by atoms with Crippen LogP contribution in [0.4, 0.5) is 13.2 Å². The van der Waals surface area contributed by atoms with Crippen molar-refractivity contribution in [3.8, 4) is 0 Å². The Balaban J connectivity index is 1.78. The Morgan fingerprint density at radius 1 is 1.18 bits per heavy atom. The van der Waals surface area contributed by atoms with E-state index in [4.69, 9.17) is 4.74 Å². The van der Waals surface area contributed by atoms with E-state index in [0.29, 0.717) is 18.7 Å². The number of guanidine groups is 1. The molecular weight excluding hydrogens is 371 g/mol. The molecule has 1 aromatic carbocycles. The molecule has 0 bridgehead atoms. The largest absolute Gasteiger partial charge is 0.411 e. The van der Waals surface area contributed by atoms with Gasteiger partial charge in [0.25, 0.3) is 0 Å². The van der Waals surface area contributed by atoms with Gasteiger partial charge in [0, 0.05) is 26.7 Å². The van der Waals surface area contributed by atoms with Gasteiger partial charge in [-0.2, -0.15) is 13.2 Å². The topological polar surface area (TPSA) is 46.1 Å². The molecule has 1 aromatic rings. The van der Waals surface area contributed by atoms with Crippen LogP contribution in [0.25, 0.3) is 0 Å². The number of ether oxygens (including phenoxy) is 2. The van der Waals surface area contributed by atoms with Gasteiger partial charge in [-0.1, -0.05) is 24.3 Å². The summed E-state index contributed by atoms with van der Waals surface area (Å²) in [4.78, 5) is 6.67. The molecule has 0 unspecified atom stereocenters. The van der Waals surface area contributed by atoms with Crippen molar-refractivity contribution in [2.75, 3.05) is 40.0 Å². The fraction of sp³-hybridized carbons (Fsp3) is 0.650. The summed E-state index contributed by atoms with van der Waals surface area (Å²) in [6, 6.07) is 7.25. The minimum atomic E-state index is -4.30. The predicted octanol–water partition coefficient (Wildman–Crippen LogP) is 3.59. The zero-order valence-electron chi connectivity index (χ0n) is 16.6. The summed E-state index contributed by atoms with van der Waals surface area (Å²) in [6.07, 6.45) is -1.73. The maximum absolute atomic E-state index is 12.1. The van der Waals surface area contributed by atoms with Gasteiger partial charge in [0.05, 0.1) is 19.8 Å². The number of hydrogen-bond acceptors (Lipinski definition) is 3. The van der Waals surface area contributed by atoms with Crippen molar-refractivity contribution in [2.45, 2.75) is 39.1 Å². The molecule has 28 heavy (non-hydrogen) atoms. The first-order valence-electron chi connectivity index (χ1n) is 9.67. The summed E-state index contributed by atoms with van der Waals surface area (Å²) in [5.74, 6) is 1.56. The van der Waals surface area contributed by atoms with Crippen LogP contribution in [0.15, 0.2) is 29.3 Å². The summed E-state index contributed by atoms with van der Waals surface area (Å²) in [6.45, 7) is 4.25. The second-order valence-corrected chi connectivity index (χ2v) is 7.03. The number of alkyl halides is 3. The van der Waals surface area contributed by atoms with Crippen molar-refractivity contribution in [2.24, 2.45) is 10.9 Å². The van der Waals surface area contributed by atoms with Crippen molar-refractivity contribution < 1.29 is 22.6 Å².